The number of benzene rings is 1. The van der Waals surface area contributed by atoms with Crippen molar-refractivity contribution in [2.75, 3.05) is 19.6 Å². The third-order valence-electron chi connectivity index (χ3n) is 5.53. The van der Waals surface area contributed by atoms with E-state index in [2.05, 4.69) is 29.4 Å². The Hall–Kier alpha value is -1.96. The second kappa shape index (κ2) is 12.2. The van der Waals surface area contributed by atoms with Crippen molar-refractivity contribution in [3.63, 3.8) is 0 Å². The molecule has 2 unspecified atom stereocenters. The highest BCUT2D eigenvalue weighted by Gasteiger charge is 2.34. The highest BCUT2D eigenvalue weighted by Crippen LogP contribution is 2.14. The van der Waals surface area contributed by atoms with E-state index in [0.29, 0.717) is 32.0 Å². The van der Waals surface area contributed by atoms with Crippen LogP contribution in [0.1, 0.15) is 46.1 Å². The lowest BCUT2D eigenvalue weighted by atomic mass is 10.0. The van der Waals surface area contributed by atoms with E-state index in [9.17, 15) is 14.7 Å². The second-order valence-electron chi connectivity index (χ2n) is 9.70. The molecule has 2 amide bonds. The number of amides is 2. The van der Waals surface area contributed by atoms with Gasteiger partial charge in [-0.2, -0.15) is 0 Å². The molecule has 1 aliphatic rings. The largest absolute Gasteiger partial charge is 0.390 e. The third kappa shape index (κ3) is 8.97. The van der Waals surface area contributed by atoms with Gasteiger partial charge in [0.25, 0.3) is 0 Å². The Morgan fingerprint density at radius 1 is 1.10 bits per heavy atom. The first-order valence-corrected chi connectivity index (χ1v) is 11.4. The molecule has 1 aromatic carbocycles. The van der Waals surface area contributed by atoms with Crippen molar-refractivity contribution in [1.82, 2.24) is 15.5 Å². The maximum Gasteiger partial charge on any atom is 0.242 e. The van der Waals surface area contributed by atoms with Crippen LogP contribution in [-0.2, 0) is 16.0 Å². The first kappa shape index (κ1) is 25.3. The summed E-state index contributed by atoms with van der Waals surface area (Å²) in [5.74, 6) is 0.342. The monoisotopic (exact) mass is 432 g/mol. The minimum absolute atomic E-state index is 0.0487. The summed E-state index contributed by atoms with van der Waals surface area (Å²) in [7, 11) is 0. The first-order chi connectivity index (χ1) is 14.6. The number of aliphatic hydroxyl groups excluding tert-OH is 1. The van der Waals surface area contributed by atoms with Gasteiger partial charge in [-0.25, -0.2) is 0 Å². The normalized spacial score (nSPS) is 21.3. The summed E-state index contributed by atoms with van der Waals surface area (Å²) in [6.07, 6.45) is 1.05. The van der Waals surface area contributed by atoms with E-state index in [1.54, 1.807) is 0 Å². The molecule has 2 rings (SSSR count). The van der Waals surface area contributed by atoms with Crippen molar-refractivity contribution < 1.29 is 14.7 Å². The van der Waals surface area contributed by atoms with Gasteiger partial charge in [-0.05, 0) is 30.2 Å². The van der Waals surface area contributed by atoms with E-state index < -0.39 is 12.1 Å². The van der Waals surface area contributed by atoms with Crippen LogP contribution in [-0.4, -0.2) is 65.7 Å². The number of nitrogens with one attached hydrogen (secondary N) is 2. The van der Waals surface area contributed by atoms with Crippen molar-refractivity contribution in [1.29, 1.82) is 0 Å². The van der Waals surface area contributed by atoms with Crippen LogP contribution in [0.5, 0.6) is 0 Å². The van der Waals surface area contributed by atoms with Crippen molar-refractivity contribution >= 4 is 11.8 Å². The topological polar surface area (TPSA) is 108 Å². The summed E-state index contributed by atoms with van der Waals surface area (Å²) in [5.41, 5.74) is 7.12. The Labute approximate surface area is 186 Å². The van der Waals surface area contributed by atoms with E-state index in [1.807, 2.05) is 44.2 Å². The summed E-state index contributed by atoms with van der Waals surface area (Å²) < 4.78 is 0. The van der Waals surface area contributed by atoms with Crippen LogP contribution >= 0.6 is 0 Å². The van der Waals surface area contributed by atoms with E-state index in [4.69, 9.17) is 5.73 Å². The molecule has 0 radical (unpaired) electrons. The molecule has 1 heterocycles. The van der Waals surface area contributed by atoms with Crippen LogP contribution in [0.2, 0.25) is 0 Å². The number of nitrogens with two attached hydrogens (primary N) is 1. The number of hydrogen-bond donors (Lipinski definition) is 4. The summed E-state index contributed by atoms with van der Waals surface area (Å²) in [5, 5.41) is 16.3. The predicted octanol–water partition coefficient (Wildman–Crippen LogP) is 1.29. The first-order valence-electron chi connectivity index (χ1n) is 11.4. The van der Waals surface area contributed by atoms with E-state index in [0.717, 1.165) is 12.0 Å². The van der Waals surface area contributed by atoms with E-state index in [1.165, 1.54) is 0 Å². The zero-order valence-electron chi connectivity index (χ0n) is 19.4. The standard InChI is InChI=1S/C24H40N4O3/c1-16(2)10-19(25)13-28-14-21(22(29)15-28)27-24(31)20(11-17(3)4)26-23(30)12-18-8-6-5-7-9-18/h5-9,16-17,19-22,29H,10-15,25H2,1-4H3,(H,26,30)(H,27,31)/t19-,20-,21?,22?/m0/s1. The maximum atomic E-state index is 13.0. The fourth-order valence-electron chi connectivity index (χ4n) is 4.18. The van der Waals surface area contributed by atoms with Crippen molar-refractivity contribution in [2.45, 2.75) is 71.2 Å². The number of β-amino-alcohol motifs (C(OH)–C–C–N with tert-alkyl or cyclic N) is 1. The Bertz CT molecular complexity index is 695. The molecular formula is C24H40N4O3. The van der Waals surface area contributed by atoms with Crippen LogP contribution in [0.3, 0.4) is 0 Å². The van der Waals surface area contributed by atoms with E-state index >= 15 is 0 Å². The molecule has 174 valence electrons. The summed E-state index contributed by atoms with van der Waals surface area (Å²) in [6.45, 7) is 10.1. The number of rotatable bonds is 11. The van der Waals surface area contributed by atoms with Gasteiger partial charge in [-0.15, -0.1) is 0 Å². The van der Waals surface area contributed by atoms with Crippen LogP contribution in [0.25, 0.3) is 0 Å². The van der Waals surface area contributed by atoms with Gasteiger partial charge in [0.1, 0.15) is 6.04 Å². The molecule has 0 aromatic heterocycles. The number of aliphatic hydroxyl groups is 1. The molecule has 0 bridgehead atoms. The Kier molecular flexibility index (Phi) is 9.93. The lowest BCUT2D eigenvalue weighted by Gasteiger charge is -2.24. The maximum absolute atomic E-state index is 13.0. The smallest absolute Gasteiger partial charge is 0.242 e. The molecule has 7 nitrogen and oxygen atoms in total. The van der Waals surface area contributed by atoms with Gasteiger partial charge >= 0.3 is 0 Å². The predicted molar refractivity (Wildman–Crippen MR) is 123 cm³/mol. The Morgan fingerprint density at radius 3 is 2.35 bits per heavy atom. The summed E-state index contributed by atoms with van der Waals surface area (Å²) >= 11 is 0. The van der Waals surface area contributed by atoms with Gasteiger partial charge < -0.3 is 21.5 Å². The van der Waals surface area contributed by atoms with Crippen LogP contribution in [0.15, 0.2) is 30.3 Å². The molecule has 1 aromatic rings. The van der Waals surface area contributed by atoms with Gasteiger partial charge in [-0.3, -0.25) is 14.5 Å². The molecule has 0 saturated carbocycles. The molecule has 0 aliphatic carbocycles. The van der Waals surface area contributed by atoms with Crippen molar-refractivity contribution in [2.24, 2.45) is 17.6 Å². The highest BCUT2D eigenvalue weighted by atomic mass is 16.3. The fourth-order valence-corrected chi connectivity index (χ4v) is 4.18. The molecule has 5 N–H and O–H groups in total. The zero-order valence-corrected chi connectivity index (χ0v) is 19.4. The van der Waals surface area contributed by atoms with Gasteiger partial charge in [0.15, 0.2) is 0 Å². The third-order valence-corrected chi connectivity index (χ3v) is 5.53. The number of likely N-dealkylation sites (tertiary alicyclic amines) is 1. The van der Waals surface area contributed by atoms with E-state index in [-0.39, 0.29) is 36.2 Å². The Morgan fingerprint density at radius 2 is 1.74 bits per heavy atom. The lowest BCUT2D eigenvalue weighted by Crippen LogP contribution is -2.53. The summed E-state index contributed by atoms with van der Waals surface area (Å²) in [6, 6.07) is 8.53. The van der Waals surface area contributed by atoms with Gasteiger partial charge in [0.2, 0.25) is 11.8 Å². The minimum Gasteiger partial charge on any atom is -0.390 e. The Balaban J connectivity index is 1.91. The van der Waals surface area contributed by atoms with Crippen LogP contribution in [0.4, 0.5) is 0 Å². The molecular weight excluding hydrogens is 392 g/mol. The minimum atomic E-state index is -0.644. The van der Waals surface area contributed by atoms with Gasteiger partial charge in [-0.1, -0.05) is 58.0 Å². The summed E-state index contributed by atoms with van der Waals surface area (Å²) in [4.78, 5) is 27.6. The number of hydrogen-bond acceptors (Lipinski definition) is 5. The average molecular weight is 433 g/mol. The second-order valence-corrected chi connectivity index (χ2v) is 9.70. The molecule has 1 aliphatic heterocycles. The highest BCUT2D eigenvalue weighted by molar-refractivity contribution is 5.88. The molecule has 1 saturated heterocycles. The molecule has 0 spiro atoms. The zero-order chi connectivity index (χ0) is 23.0. The quantitative estimate of drug-likeness (QED) is 0.422. The molecule has 1 fully saturated rings. The van der Waals surface area contributed by atoms with Gasteiger partial charge in [0.05, 0.1) is 18.6 Å². The van der Waals surface area contributed by atoms with Crippen LogP contribution < -0.4 is 16.4 Å². The average Bonchev–Trinajstić information content (AvgIpc) is 2.99. The molecule has 7 heteroatoms. The molecule has 31 heavy (non-hydrogen) atoms. The number of nitrogens with zero attached hydrogens (tertiary/aromatic N) is 1. The number of carbonyl (C=O) groups excluding carboxylic acids is 2. The lowest BCUT2D eigenvalue weighted by molar-refractivity contribution is -0.129. The van der Waals surface area contributed by atoms with Crippen LogP contribution in [0, 0.1) is 11.8 Å². The van der Waals surface area contributed by atoms with Gasteiger partial charge in [0, 0.05) is 25.7 Å². The van der Waals surface area contributed by atoms with Crippen molar-refractivity contribution in [3.05, 3.63) is 35.9 Å². The molecule has 4 atom stereocenters. The SMILES string of the molecule is CC(C)C[C@H](N)CN1CC(O)C(NC(=O)[C@H](CC(C)C)NC(=O)Cc2ccccc2)C1. The fraction of sp³-hybridized carbons (Fsp3) is 0.667. The number of carbonyl (C=O) groups is 2. The van der Waals surface area contributed by atoms with Crippen molar-refractivity contribution in [3.8, 4) is 0 Å².